The molecular weight excluding hydrogens is 376 g/mol. The van der Waals surface area contributed by atoms with Gasteiger partial charge < -0.3 is 19.6 Å². The molecule has 0 spiro atoms. The van der Waals surface area contributed by atoms with Crippen LogP contribution in [-0.2, 0) is 4.79 Å². The van der Waals surface area contributed by atoms with Crippen LogP contribution in [0, 0.1) is 11.3 Å². The predicted molar refractivity (Wildman–Crippen MR) is 103 cm³/mol. The van der Waals surface area contributed by atoms with Gasteiger partial charge in [0.1, 0.15) is 22.8 Å². The van der Waals surface area contributed by atoms with Gasteiger partial charge in [0.05, 0.1) is 7.11 Å². The first-order valence-corrected chi connectivity index (χ1v) is 8.27. The summed E-state index contributed by atoms with van der Waals surface area (Å²) in [7, 11) is 1.35. The summed E-state index contributed by atoms with van der Waals surface area (Å²) in [6, 6.07) is 14.2. The Bertz CT molecular complexity index is 1250. The minimum atomic E-state index is -0.916. The number of ether oxygens (including phenoxy) is 2. The van der Waals surface area contributed by atoms with Gasteiger partial charge in [-0.15, -0.1) is 0 Å². The molecule has 2 aromatic carbocycles. The zero-order valence-electron chi connectivity index (χ0n) is 15.2. The summed E-state index contributed by atoms with van der Waals surface area (Å²) in [5.41, 5.74) is 4.56. The predicted octanol–water partition coefficient (Wildman–Crippen LogP) is 2.41. The fourth-order valence-corrected chi connectivity index (χ4v) is 2.54. The standard InChI is InChI=1S/C21H14N2O6/c1-27-18-9-12(8-14(11-22)19(23)24)6-7-17(18)29-21(26)15-10-13-4-2-3-5-16(13)28-20(15)25/h2-10H,1H3,(H2,23,24)/b14-8-. The largest absolute Gasteiger partial charge is 0.493 e. The van der Waals surface area contributed by atoms with E-state index in [4.69, 9.17) is 24.9 Å². The lowest BCUT2D eigenvalue weighted by atomic mass is 10.1. The van der Waals surface area contributed by atoms with Crippen LogP contribution in [-0.4, -0.2) is 19.0 Å². The van der Waals surface area contributed by atoms with Crippen molar-refractivity contribution in [1.82, 2.24) is 0 Å². The number of carbonyl (C=O) groups is 2. The van der Waals surface area contributed by atoms with Gasteiger partial charge in [-0.05, 0) is 35.9 Å². The number of carbonyl (C=O) groups excluding carboxylic acids is 2. The summed E-state index contributed by atoms with van der Waals surface area (Å²) in [5, 5.41) is 9.50. The summed E-state index contributed by atoms with van der Waals surface area (Å²) in [5.74, 6) is -1.59. The van der Waals surface area contributed by atoms with Crippen molar-refractivity contribution in [2.45, 2.75) is 0 Å². The maximum Gasteiger partial charge on any atom is 0.351 e. The Morgan fingerprint density at radius 2 is 1.90 bits per heavy atom. The van der Waals surface area contributed by atoms with Crippen molar-refractivity contribution in [3.63, 3.8) is 0 Å². The molecule has 1 aromatic heterocycles. The van der Waals surface area contributed by atoms with Crippen molar-refractivity contribution in [1.29, 1.82) is 5.26 Å². The molecule has 2 N–H and O–H groups in total. The topological polar surface area (TPSA) is 133 Å². The van der Waals surface area contributed by atoms with Crippen molar-refractivity contribution < 1.29 is 23.5 Å². The Hall–Kier alpha value is -4.38. The van der Waals surface area contributed by atoms with Crippen LogP contribution in [0.15, 0.2) is 63.3 Å². The molecule has 3 aromatic rings. The first kappa shape index (κ1) is 19.4. The van der Waals surface area contributed by atoms with E-state index in [1.807, 2.05) is 0 Å². The molecule has 0 aliphatic rings. The van der Waals surface area contributed by atoms with E-state index < -0.39 is 17.5 Å². The molecule has 0 bridgehead atoms. The number of rotatable bonds is 5. The molecule has 1 amide bonds. The maximum atomic E-state index is 12.5. The Morgan fingerprint density at radius 3 is 2.59 bits per heavy atom. The maximum absolute atomic E-state index is 12.5. The number of hydrogen-bond donors (Lipinski definition) is 1. The van der Waals surface area contributed by atoms with E-state index in [0.717, 1.165) is 0 Å². The molecule has 8 heteroatoms. The summed E-state index contributed by atoms with van der Waals surface area (Å²) in [6.45, 7) is 0. The molecule has 8 nitrogen and oxygen atoms in total. The van der Waals surface area contributed by atoms with Crippen molar-refractivity contribution in [3.05, 3.63) is 75.7 Å². The SMILES string of the molecule is COc1cc(/C=C(/C#N)C(N)=O)ccc1OC(=O)c1cc2ccccc2oc1=O. The fraction of sp³-hybridized carbons (Fsp3) is 0.0476. The molecule has 0 aliphatic heterocycles. The number of amides is 1. The Labute approximate surface area is 164 Å². The molecule has 0 atom stereocenters. The highest BCUT2D eigenvalue weighted by molar-refractivity contribution is 6.00. The van der Waals surface area contributed by atoms with Gasteiger partial charge in [0.15, 0.2) is 11.5 Å². The molecule has 0 fully saturated rings. The zero-order valence-corrected chi connectivity index (χ0v) is 15.2. The van der Waals surface area contributed by atoms with E-state index >= 15 is 0 Å². The van der Waals surface area contributed by atoms with Gasteiger partial charge >= 0.3 is 11.6 Å². The second kappa shape index (κ2) is 8.10. The number of nitrogens with zero attached hydrogens (tertiary/aromatic N) is 1. The number of nitrogens with two attached hydrogens (primary N) is 1. The third-order valence-corrected chi connectivity index (χ3v) is 3.95. The summed E-state index contributed by atoms with van der Waals surface area (Å²) in [6.07, 6.45) is 1.27. The van der Waals surface area contributed by atoms with Gasteiger partial charge in [0.2, 0.25) is 0 Å². The molecular formula is C21H14N2O6. The van der Waals surface area contributed by atoms with E-state index in [2.05, 4.69) is 0 Å². The van der Waals surface area contributed by atoms with Crippen LogP contribution in [0.1, 0.15) is 15.9 Å². The molecule has 0 saturated carbocycles. The van der Waals surface area contributed by atoms with Gasteiger partial charge in [-0.3, -0.25) is 4.79 Å². The quantitative estimate of drug-likeness (QED) is 0.232. The van der Waals surface area contributed by atoms with Gasteiger partial charge in [-0.25, -0.2) is 9.59 Å². The smallest absolute Gasteiger partial charge is 0.351 e. The number of benzene rings is 2. The summed E-state index contributed by atoms with van der Waals surface area (Å²) in [4.78, 5) is 35.8. The molecule has 0 radical (unpaired) electrons. The van der Waals surface area contributed by atoms with E-state index in [1.54, 1.807) is 30.3 Å². The number of methoxy groups -OCH3 is 1. The highest BCUT2D eigenvalue weighted by Gasteiger charge is 2.18. The normalized spacial score (nSPS) is 11.0. The Kier molecular flexibility index (Phi) is 5.42. The van der Waals surface area contributed by atoms with E-state index in [1.165, 1.54) is 37.5 Å². The molecule has 0 unspecified atom stereocenters. The number of para-hydroxylation sites is 1. The average Bonchev–Trinajstić information content (AvgIpc) is 2.71. The highest BCUT2D eigenvalue weighted by Crippen LogP contribution is 2.29. The van der Waals surface area contributed by atoms with Crippen molar-refractivity contribution in [2.24, 2.45) is 5.73 Å². The number of nitriles is 1. The number of esters is 1. The minimum Gasteiger partial charge on any atom is -0.493 e. The summed E-state index contributed by atoms with van der Waals surface area (Å²) < 4.78 is 15.6. The van der Waals surface area contributed by atoms with Crippen molar-refractivity contribution in [2.75, 3.05) is 7.11 Å². The van der Waals surface area contributed by atoms with Crippen LogP contribution >= 0.6 is 0 Å². The zero-order chi connectivity index (χ0) is 21.0. The third-order valence-electron chi connectivity index (χ3n) is 3.95. The van der Waals surface area contributed by atoms with Crippen LogP contribution in [0.25, 0.3) is 17.0 Å². The van der Waals surface area contributed by atoms with Crippen molar-refractivity contribution in [3.8, 4) is 17.6 Å². The Balaban J connectivity index is 1.93. The minimum absolute atomic E-state index is 0.0415. The van der Waals surface area contributed by atoms with Gasteiger partial charge in [0, 0.05) is 5.39 Å². The molecule has 144 valence electrons. The number of fused-ring (bicyclic) bond motifs is 1. The van der Waals surface area contributed by atoms with Crippen LogP contribution < -0.4 is 20.8 Å². The second-order valence-electron chi connectivity index (χ2n) is 5.82. The average molecular weight is 390 g/mol. The first-order chi connectivity index (χ1) is 13.9. The third kappa shape index (κ3) is 4.14. The van der Waals surface area contributed by atoms with E-state index in [-0.39, 0.29) is 22.6 Å². The van der Waals surface area contributed by atoms with Gasteiger partial charge in [-0.1, -0.05) is 24.3 Å². The Morgan fingerprint density at radius 1 is 1.14 bits per heavy atom. The lowest BCUT2D eigenvalue weighted by molar-refractivity contribution is -0.114. The van der Waals surface area contributed by atoms with Crippen LogP contribution in [0.3, 0.4) is 0 Å². The number of hydrogen-bond acceptors (Lipinski definition) is 7. The van der Waals surface area contributed by atoms with Gasteiger partial charge in [-0.2, -0.15) is 5.26 Å². The molecule has 0 aliphatic carbocycles. The van der Waals surface area contributed by atoms with Crippen molar-refractivity contribution >= 4 is 28.9 Å². The lowest BCUT2D eigenvalue weighted by Crippen LogP contribution is -2.19. The van der Waals surface area contributed by atoms with Crippen LogP contribution in [0.2, 0.25) is 0 Å². The van der Waals surface area contributed by atoms with Crippen LogP contribution in [0.4, 0.5) is 0 Å². The molecule has 1 heterocycles. The number of primary amides is 1. The van der Waals surface area contributed by atoms with E-state index in [9.17, 15) is 14.4 Å². The summed E-state index contributed by atoms with van der Waals surface area (Å²) >= 11 is 0. The fourth-order valence-electron chi connectivity index (χ4n) is 2.54. The molecule has 29 heavy (non-hydrogen) atoms. The second-order valence-corrected chi connectivity index (χ2v) is 5.82. The lowest BCUT2D eigenvalue weighted by Gasteiger charge is -2.10. The molecule has 3 rings (SSSR count). The molecule has 0 saturated heterocycles. The monoisotopic (exact) mass is 390 g/mol. The van der Waals surface area contributed by atoms with E-state index in [0.29, 0.717) is 16.5 Å². The first-order valence-electron chi connectivity index (χ1n) is 8.27. The van der Waals surface area contributed by atoms with Crippen LogP contribution in [0.5, 0.6) is 11.5 Å². The highest BCUT2D eigenvalue weighted by atomic mass is 16.6. The van der Waals surface area contributed by atoms with Gasteiger partial charge in [0.25, 0.3) is 5.91 Å².